The minimum absolute atomic E-state index is 0.0607. The second kappa shape index (κ2) is 6.78. The molecule has 1 heterocycles. The Morgan fingerprint density at radius 3 is 2.76 bits per heavy atom. The second-order valence-electron chi connectivity index (χ2n) is 4.68. The van der Waals surface area contributed by atoms with Gasteiger partial charge in [0.2, 0.25) is 0 Å². The summed E-state index contributed by atoms with van der Waals surface area (Å²) in [6.07, 6.45) is 2.05. The number of hydrogen-bond donors (Lipinski definition) is 2. The van der Waals surface area contributed by atoms with Crippen molar-refractivity contribution in [2.24, 2.45) is 0 Å². The Morgan fingerprint density at radius 1 is 1.43 bits per heavy atom. The summed E-state index contributed by atoms with van der Waals surface area (Å²) in [7, 11) is 1.35. The summed E-state index contributed by atoms with van der Waals surface area (Å²) in [5.74, 6) is -1.31. The van der Waals surface area contributed by atoms with E-state index in [1.807, 2.05) is 0 Å². The lowest BCUT2D eigenvalue weighted by atomic mass is 10.1. The van der Waals surface area contributed by atoms with Gasteiger partial charge in [0.15, 0.2) is 0 Å². The smallest absolute Gasteiger partial charge is 0.339 e. The fourth-order valence-corrected chi connectivity index (χ4v) is 2.36. The van der Waals surface area contributed by atoms with Gasteiger partial charge in [-0.2, -0.15) is 0 Å². The van der Waals surface area contributed by atoms with Gasteiger partial charge in [-0.3, -0.25) is 4.79 Å². The average Bonchev–Trinajstić information content (AvgIpc) is 2.49. The van der Waals surface area contributed by atoms with Crippen LogP contribution in [0.2, 0.25) is 5.02 Å². The number of anilines is 1. The molecule has 1 aliphatic rings. The number of benzene rings is 1. The first kappa shape index (κ1) is 15.6. The largest absolute Gasteiger partial charge is 0.496 e. The van der Waals surface area contributed by atoms with E-state index in [1.165, 1.54) is 19.2 Å². The highest BCUT2D eigenvalue weighted by Gasteiger charge is 2.23. The summed E-state index contributed by atoms with van der Waals surface area (Å²) in [6, 6.07) is 2.65. The molecule has 1 aromatic rings. The Labute approximate surface area is 127 Å². The number of hydrogen-bond acceptors (Lipinski definition) is 4. The zero-order valence-electron chi connectivity index (χ0n) is 11.5. The maximum Gasteiger partial charge on any atom is 0.339 e. The van der Waals surface area contributed by atoms with Crippen LogP contribution < -0.4 is 10.1 Å². The van der Waals surface area contributed by atoms with Gasteiger partial charge in [-0.15, -0.1) is 0 Å². The van der Waals surface area contributed by atoms with E-state index < -0.39 is 12.1 Å². The molecule has 1 atom stereocenters. The maximum atomic E-state index is 12.1. The lowest BCUT2D eigenvalue weighted by molar-refractivity contribution is -0.129. The van der Waals surface area contributed by atoms with Gasteiger partial charge in [-0.25, -0.2) is 4.79 Å². The number of rotatable bonds is 4. The molecule has 0 radical (unpaired) electrons. The number of nitrogens with one attached hydrogen (secondary N) is 1. The van der Waals surface area contributed by atoms with Crippen molar-refractivity contribution >= 4 is 29.2 Å². The first-order chi connectivity index (χ1) is 10.0. The molecule has 6 nitrogen and oxygen atoms in total. The number of methoxy groups -OCH3 is 1. The van der Waals surface area contributed by atoms with E-state index in [-0.39, 0.29) is 22.2 Å². The van der Waals surface area contributed by atoms with Gasteiger partial charge in [0, 0.05) is 12.7 Å². The van der Waals surface area contributed by atoms with Crippen molar-refractivity contribution in [1.29, 1.82) is 0 Å². The van der Waals surface area contributed by atoms with Crippen LogP contribution in [0, 0.1) is 0 Å². The van der Waals surface area contributed by atoms with Gasteiger partial charge in [0.05, 0.1) is 17.8 Å². The van der Waals surface area contributed by atoms with Gasteiger partial charge >= 0.3 is 5.97 Å². The standard InChI is InChI=1S/C14H16ClNO5/c1-20-12-7-10(9(15)6-8(12)14(18)19)16-13(17)11-4-2-3-5-21-11/h6-7,11H,2-5H2,1H3,(H,16,17)(H,18,19). The molecule has 2 rings (SSSR count). The van der Waals surface area contributed by atoms with Gasteiger partial charge in [-0.1, -0.05) is 11.6 Å². The van der Waals surface area contributed by atoms with Crippen LogP contribution in [0.4, 0.5) is 5.69 Å². The molecule has 0 spiro atoms. The molecular formula is C14H16ClNO5. The third kappa shape index (κ3) is 3.65. The van der Waals surface area contributed by atoms with Crippen LogP contribution in [0.3, 0.4) is 0 Å². The van der Waals surface area contributed by atoms with Crippen molar-refractivity contribution < 1.29 is 24.2 Å². The molecule has 21 heavy (non-hydrogen) atoms. The number of aromatic carboxylic acids is 1. The van der Waals surface area contributed by atoms with Crippen molar-refractivity contribution in [2.45, 2.75) is 25.4 Å². The molecule has 1 amide bonds. The van der Waals surface area contributed by atoms with Crippen LogP contribution in [-0.4, -0.2) is 36.8 Å². The molecule has 7 heteroatoms. The normalized spacial score (nSPS) is 18.1. The van der Waals surface area contributed by atoms with Crippen LogP contribution in [0.1, 0.15) is 29.6 Å². The van der Waals surface area contributed by atoms with E-state index in [0.29, 0.717) is 18.7 Å². The Balaban J connectivity index is 2.19. The van der Waals surface area contributed by atoms with Crippen LogP contribution in [0.5, 0.6) is 5.75 Å². The fraction of sp³-hybridized carbons (Fsp3) is 0.429. The van der Waals surface area contributed by atoms with E-state index in [2.05, 4.69) is 5.32 Å². The number of amides is 1. The Morgan fingerprint density at radius 2 is 2.19 bits per heavy atom. The predicted octanol–water partition coefficient (Wildman–Crippen LogP) is 2.55. The molecule has 114 valence electrons. The molecule has 1 saturated heterocycles. The Kier molecular flexibility index (Phi) is 5.03. The summed E-state index contributed by atoms with van der Waals surface area (Å²) in [5, 5.41) is 11.8. The number of carboxylic acid groups (broad SMARTS) is 1. The van der Waals surface area contributed by atoms with E-state index in [0.717, 1.165) is 12.8 Å². The van der Waals surface area contributed by atoms with Crippen LogP contribution in [0.25, 0.3) is 0 Å². The summed E-state index contributed by atoms with van der Waals surface area (Å²) in [4.78, 5) is 23.2. The van der Waals surface area contributed by atoms with E-state index in [4.69, 9.17) is 26.2 Å². The van der Waals surface area contributed by atoms with Crippen LogP contribution in [0.15, 0.2) is 12.1 Å². The summed E-state index contributed by atoms with van der Waals surface area (Å²) < 4.78 is 10.4. The molecule has 1 aliphatic heterocycles. The minimum atomic E-state index is -1.15. The monoisotopic (exact) mass is 313 g/mol. The van der Waals surface area contributed by atoms with E-state index >= 15 is 0 Å². The second-order valence-corrected chi connectivity index (χ2v) is 5.09. The van der Waals surface area contributed by atoms with Crippen molar-refractivity contribution in [3.63, 3.8) is 0 Å². The van der Waals surface area contributed by atoms with Crippen LogP contribution in [-0.2, 0) is 9.53 Å². The fourth-order valence-electron chi connectivity index (χ4n) is 2.15. The van der Waals surface area contributed by atoms with Crippen molar-refractivity contribution in [3.05, 3.63) is 22.7 Å². The first-order valence-corrected chi connectivity index (χ1v) is 6.94. The third-order valence-corrected chi connectivity index (χ3v) is 3.56. The van der Waals surface area contributed by atoms with E-state index in [9.17, 15) is 9.59 Å². The third-order valence-electron chi connectivity index (χ3n) is 3.25. The van der Waals surface area contributed by atoms with E-state index in [1.54, 1.807) is 0 Å². The summed E-state index contributed by atoms with van der Waals surface area (Å²) in [6.45, 7) is 0.563. The maximum absolute atomic E-state index is 12.1. The van der Waals surface area contributed by atoms with Gasteiger partial charge < -0.3 is 19.9 Å². The number of carboxylic acids is 1. The SMILES string of the molecule is COc1cc(NC(=O)C2CCCCO2)c(Cl)cc1C(=O)O. The highest BCUT2D eigenvalue weighted by Crippen LogP contribution is 2.31. The lowest BCUT2D eigenvalue weighted by Gasteiger charge is -2.22. The summed E-state index contributed by atoms with van der Waals surface area (Å²) in [5.41, 5.74) is 0.243. The quantitative estimate of drug-likeness (QED) is 0.892. The molecule has 2 N–H and O–H groups in total. The number of ether oxygens (including phenoxy) is 2. The molecule has 1 aromatic carbocycles. The molecule has 1 unspecified atom stereocenters. The van der Waals surface area contributed by atoms with Gasteiger partial charge in [0.25, 0.3) is 5.91 Å². The molecule has 0 bridgehead atoms. The topological polar surface area (TPSA) is 84.9 Å². The minimum Gasteiger partial charge on any atom is -0.496 e. The number of carbonyl (C=O) groups is 2. The van der Waals surface area contributed by atoms with Gasteiger partial charge in [0.1, 0.15) is 17.4 Å². The van der Waals surface area contributed by atoms with Gasteiger partial charge in [-0.05, 0) is 25.3 Å². The number of halogens is 1. The Hall–Kier alpha value is -1.79. The highest BCUT2D eigenvalue weighted by atomic mass is 35.5. The molecular weight excluding hydrogens is 298 g/mol. The highest BCUT2D eigenvalue weighted by molar-refractivity contribution is 6.34. The predicted molar refractivity (Wildman–Crippen MR) is 77.2 cm³/mol. The number of carbonyl (C=O) groups excluding carboxylic acids is 1. The zero-order chi connectivity index (χ0) is 15.4. The molecule has 0 saturated carbocycles. The van der Waals surface area contributed by atoms with Crippen molar-refractivity contribution in [3.8, 4) is 5.75 Å². The first-order valence-electron chi connectivity index (χ1n) is 6.56. The molecule has 0 aromatic heterocycles. The lowest BCUT2D eigenvalue weighted by Crippen LogP contribution is -2.33. The zero-order valence-corrected chi connectivity index (χ0v) is 12.3. The van der Waals surface area contributed by atoms with Crippen LogP contribution >= 0.6 is 11.6 Å². The Bertz CT molecular complexity index is 555. The molecule has 1 fully saturated rings. The van der Waals surface area contributed by atoms with Crippen molar-refractivity contribution in [1.82, 2.24) is 0 Å². The summed E-state index contributed by atoms with van der Waals surface area (Å²) >= 11 is 6.01. The molecule has 0 aliphatic carbocycles. The van der Waals surface area contributed by atoms with Crippen molar-refractivity contribution in [2.75, 3.05) is 19.0 Å². The average molecular weight is 314 g/mol.